The predicted molar refractivity (Wildman–Crippen MR) is 147 cm³/mol. The molecule has 0 saturated carbocycles. The van der Waals surface area contributed by atoms with E-state index in [4.69, 9.17) is 9.47 Å². The van der Waals surface area contributed by atoms with Crippen molar-refractivity contribution in [3.8, 4) is 11.5 Å². The number of rotatable bonds is 9. The van der Waals surface area contributed by atoms with Gasteiger partial charge in [0, 0.05) is 11.7 Å². The molecule has 0 aromatic heterocycles. The number of hydrogen-bond acceptors (Lipinski definition) is 7. The highest BCUT2D eigenvalue weighted by Gasteiger charge is 2.49. The number of aliphatic imine (C=N–C) groups is 1. The zero-order valence-electron chi connectivity index (χ0n) is 22.5. The molecule has 0 fully saturated rings. The van der Waals surface area contributed by atoms with Crippen LogP contribution in [0.3, 0.4) is 0 Å². The van der Waals surface area contributed by atoms with Gasteiger partial charge in [0.25, 0.3) is 0 Å². The first-order chi connectivity index (χ1) is 19.0. The molecule has 11 heteroatoms. The molecule has 0 saturated heterocycles. The average Bonchev–Trinajstić information content (AvgIpc) is 3.29. The molecule has 2 heterocycles. The molecule has 1 amide bonds. The van der Waals surface area contributed by atoms with E-state index in [1.54, 1.807) is 67.8 Å². The number of ether oxygens (including phenoxy) is 2. The molecule has 2 aromatic rings. The van der Waals surface area contributed by atoms with Gasteiger partial charge in [0.05, 0.1) is 24.1 Å². The maximum Gasteiger partial charge on any atom is 0.434 e. The second-order valence-corrected chi connectivity index (χ2v) is 10.5. The molecule has 2 atom stereocenters. The Labute approximate surface area is 235 Å². The molecular weight excluding hydrogens is 543 g/mol. The van der Waals surface area contributed by atoms with Crippen LogP contribution in [0, 0.1) is 0 Å². The number of nitrogens with one attached hydrogen (secondary N) is 1. The van der Waals surface area contributed by atoms with Gasteiger partial charge < -0.3 is 19.7 Å². The minimum atomic E-state index is -4.93. The molecule has 2 unspecified atom stereocenters. The summed E-state index contributed by atoms with van der Waals surface area (Å²) in [5.41, 5.74) is -1.22. The maximum atomic E-state index is 14.4. The van der Waals surface area contributed by atoms with Gasteiger partial charge in [-0.05, 0) is 62.4 Å². The van der Waals surface area contributed by atoms with Crippen molar-refractivity contribution in [1.29, 1.82) is 0 Å². The molecule has 1 N–H and O–H groups in total. The van der Waals surface area contributed by atoms with Crippen LogP contribution in [0.2, 0.25) is 0 Å². The van der Waals surface area contributed by atoms with Crippen LogP contribution in [0.5, 0.6) is 11.5 Å². The van der Waals surface area contributed by atoms with Gasteiger partial charge in [-0.3, -0.25) is 4.79 Å². The van der Waals surface area contributed by atoms with Crippen molar-refractivity contribution in [2.45, 2.75) is 64.9 Å². The highest BCUT2D eigenvalue weighted by molar-refractivity contribution is 8.16. The lowest BCUT2D eigenvalue weighted by atomic mass is 9.93. The van der Waals surface area contributed by atoms with Crippen molar-refractivity contribution >= 4 is 28.8 Å². The number of nitrogens with zero attached hydrogens (tertiary/aromatic N) is 2. The first kappa shape index (κ1) is 29.3. The summed E-state index contributed by atoms with van der Waals surface area (Å²) >= 11 is 0.970. The van der Waals surface area contributed by atoms with Crippen LogP contribution in [-0.4, -0.2) is 40.3 Å². The Morgan fingerprint density at radius 3 is 2.42 bits per heavy atom. The topological polar surface area (TPSA) is 80.2 Å². The van der Waals surface area contributed by atoms with Gasteiger partial charge in [0.1, 0.15) is 11.5 Å². The van der Waals surface area contributed by atoms with Crippen molar-refractivity contribution < 1.29 is 32.2 Å². The zero-order valence-corrected chi connectivity index (χ0v) is 23.3. The molecule has 212 valence electrons. The minimum absolute atomic E-state index is 0.0131. The number of fused-ring (bicyclic) bond motifs is 1. The summed E-state index contributed by atoms with van der Waals surface area (Å²) in [6, 6.07) is 14.1. The molecule has 0 aliphatic carbocycles. The smallest absolute Gasteiger partial charge is 0.434 e. The van der Waals surface area contributed by atoms with E-state index in [1.807, 2.05) is 19.9 Å². The molecule has 0 bridgehead atoms. The Morgan fingerprint density at radius 1 is 1.07 bits per heavy atom. The van der Waals surface area contributed by atoms with Crippen LogP contribution >= 0.6 is 11.8 Å². The quantitative estimate of drug-likeness (QED) is 0.331. The number of para-hydroxylation sites is 1. The highest BCUT2D eigenvalue weighted by atomic mass is 32.2. The lowest BCUT2D eigenvalue weighted by Crippen LogP contribution is -2.41. The summed E-state index contributed by atoms with van der Waals surface area (Å²) in [6.07, 6.45) is -4.99. The number of halogens is 3. The van der Waals surface area contributed by atoms with E-state index in [9.17, 15) is 22.8 Å². The van der Waals surface area contributed by atoms with E-state index in [1.165, 1.54) is 4.90 Å². The van der Waals surface area contributed by atoms with E-state index in [-0.39, 0.29) is 23.5 Å². The molecule has 2 aliphatic rings. The fraction of sp³-hybridized carbons (Fsp3) is 0.345. The Hall–Kier alpha value is -3.73. The van der Waals surface area contributed by atoms with Crippen LogP contribution in [0.25, 0.3) is 0 Å². The van der Waals surface area contributed by atoms with Crippen molar-refractivity contribution in [3.05, 3.63) is 82.5 Å². The number of benzene rings is 2. The fourth-order valence-corrected chi connectivity index (χ4v) is 5.16. The molecule has 4 rings (SSSR count). The number of hydrogen-bond donors (Lipinski definition) is 1. The van der Waals surface area contributed by atoms with Crippen LogP contribution in [-0.2, 0) is 14.3 Å². The molecule has 2 aliphatic heterocycles. The van der Waals surface area contributed by atoms with E-state index >= 15 is 0 Å². The van der Waals surface area contributed by atoms with E-state index < -0.39 is 35.6 Å². The molecule has 7 nitrogen and oxygen atoms in total. The van der Waals surface area contributed by atoms with Gasteiger partial charge in [-0.1, -0.05) is 49.0 Å². The SMILES string of the molecule is CCC(C)NC(=O)CC1=CSC2=NC(C(F)(F)F)=C(C(=O)OC(C)C)C(c3cccc(Oc4ccccc4)c3)N12. The Bertz CT molecular complexity index is 1360. The number of carbonyl (C=O) groups excluding carboxylic acids is 2. The summed E-state index contributed by atoms with van der Waals surface area (Å²) in [7, 11) is 0. The fourth-order valence-electron chi connectivity index (χ4n) is 4.24. The summed E-state index contributed by atoms with van der Waals surface area (Å²) in [5.74, 6) is -0.524. The van der Waals surface area contributed by atoms with Crippen LogP contribution in [0.15, 0.2) is 82.0 Å². The first-order valence-electron chi connectivity index (χ1n) is 12.9. The zero-order chi connectivity index (χ0) is 29.0. The number of allylic oxidation sites excluding steroid dienone is 1. The maximum absolute atomic E-state index is 14.4. The van der Waals surface area contributed by atoms with Crippen molar-refractivity contribution in [1.82, 2.24) is 10.2 Å². The third kappa shape index (κ3) is 6.70. The van der Waals surface area contributed by atoms with Crippen molar-refractivity contribution in [2.24, 2.45) is 4.99 Å². The summed E-state index contributed by atoms with van der Waals surface area (Å²) in [5, 5.41) is 4.48. The summed E-state index contributed by atoms with van der Waals surface area (Å²) in [4.78, 5) is 31.5. The number of amides is 1. The number of esters is 1. The molecule has 40 heavy (non-hydrogen) atoms. The molecule has 2 aromatic carbocycles. The third-order valence-electron chi connectivity index (χ3n) is 6.16. The Kier molecular flexibility index (Phi) is 8.92. The van der Waals surface area contributed by atoms with E-state index in [0.717, 1.165) is 18.2 Å². The van der Waals surface area contributed by atoms with Gasteiger partial charge in [-0.15, -0.1) is 0 Å². The minimum Gasteiger partial charge on any atom is -0.459 e. The average molecular weight is 574 g/mol. The van der Waals surface area contributed by atoms with Crippen molar-refractivity contribution in [3.63, 3.8) is 0 Å². The first-order valence-corrected chi connectivity index (χ1v) is 13.7. The van der Waals surface area contributed by atoms with Crippen molar-refractivity contribution in [2.75, 3.05) is 0 Å². The van der Waals surface area contributed by atoms with Crippen LogP contribution in [0.4, 0.5) is 13.2 Å². The second-order valence-electron chi connectivity index (χ2n) is 9.65. The second kappa shape index (κ2) is 12.2. The van der Waals surface area contributed by atoms with E-state index in [0.29, 0.717) is 22.8 Å². The molecular formula is C29H30F3N3O4S. The standard InChI is InChI=1S/C29H30F3N3O4S/c1-5-18(4)33-23(36)15-20-16-40-28-34-26(29(30,31)32)24(27(37)38-17(2)3)25(35(20)28)19-10-9-13-22(14-19)39-21-11-7-6-8-12-21/h6-14,16-18,25H,5,15H2,1-4H3,(H,33,36). The number of carbonyl (C=O) groups is 2. The summed E-state index contributed by atoms with van der Waals surface area (Å²) in [6.45, 7) is 6.91. The molecule has 0 radical (unpaired) electrons. The van der Waals surface area contributed by atoms with Gasteiger partial charge in [0.15, 0.2) is 10.9 Å². The predicted octanol–water partition coefficient (Wildman–Crippen LogP) is 6.85. The monoisotopic (exact) mass is 573 g/mol. The Balaban J connectivity index is 1.82. The molecule has 0 spiro atoms. The van der Waals surface area contributed by atoms with Gasteiger partial charge in [-0.2, -0.15) is 13.2 Å². The number of thioether (sulfide) groups is 1. The van der Waals surface area contributed by atoms with Gasteiger partial charge >= 0.3 is 12.1 Å². The van der Waals surface area contributed by atoms with Gasteiger partial charge in [-0.25, -0.2) is 9.79 Å². The largest absolute Gasteiger partial charge is 0.459 e. The summed E-state index contributed by atoms with van der Waals surface area (Å²) < 4.78 is 54.4. The third-order valence-corrected chi connectivity index (χ3v) is 7.04. The number of alkyl halides is 3. The van der Waals surface area contributed by atoms with Crippen LogP contribution in [0.1, 0.15) is 52.1 Å². The Morgan fingerprint density at radius 2 is 1.77 bits per heavy atom. The number of amidine groups is 1. The van der Waals surface area contributed by atoms with E-state index in [2.05, 4.69) is 10.3 Å². The normalized spacial score (nSPS) is 17.7. The van der Waals surface area contributed by atoms with Crippen LogP contribution < -0.4 is 10.1 Å². The lowest BCUT2D eigenvalue weighted by molar-refractivity contribution is -0.145. The lowest BCUT2D eigenvalue weighted by Gasteiger charge is -2.37. The van der Waals surface area contributed by atoms with Gasteiger partial charge in [0.2, 0.25) is 5.91 Å². The highest BCUT2D eigenvalue weighted by Crippen LogP contribution is 2.48.